The molecule has 0 amide bonds. The van der Waals surface area contributed by atoms with Gasteiger partial charge in [0.05, 0.1) is 11.0 Å². The average molecular weight is 467 g/mol. The van der Waals surface area contributed by atoms with Crippen LogP contribution in [0, 0.1) is 11.3 Å². The quantitative estimate of drug-likeness (QED) is 0.195. The predicted molar refractivity (Wildman–Crippen MR) is 138 cm³/mol. The van der Waals surface area contributed by atoms with E-state index in [0.29, 0.717) is 35.7 Å². The Morgan fingerprint density at radius 2 is 2.18 bits per heavy atom. The molecule has 182 valence electrons. The number of halogens is 1. The van der Waals surface area contributed by atoms with Crippen LogP contribution in [0.1, 0.15) is 32.3 Å². The van der Waals surface area contributed by atoms with E-state index in [2.05, 4.69) is 25.5 Å². The highest BCUT2D eigenvalue weighted by atomic mass is 19.1. The standard InChI is InChI=1S/C25H35FN8/c1-17(2)18(12-27)11-24(29)33-25-5-4-22-23(32-25)10-19(15-31-22)20(13-28)14-30-7-3-8-34-9-6-21(26)16-34/h4-5,10-15,17,21,28,30H,3,6-9,16,27,29H2,1-2H3,(H,32,33)/b18-12+,20-14+,24-11+,28-13?/t21-/m0/s1. The fourth-order valence-corrected chi connectivity index (χ4v) is 3.79. The molecule has 0 unspecified atom stereocenters. The summed E-state index contributed by atoms with van der Waals surface area (Å²) in [5.74, 6) is 1.29. The Kier molecular flexibility index (Phi) is 8.98. The Morgan fingerprint density at radius 1 is 1.35 bits per heavy atom. The van der Waals surface area contributed by atoms with Crippen LogP contribution in [0.5, 0.6) is 0 Å². The van der Waals surface area contributed by atoms with Crippen molar-refractivity contribution in [2.75, 3.05) is 31.5 Å². The molecule has 2 aromatic heterocycles. The molecule has 3 heterocycles. The second-order valence-corrected chi connectivity index (χ2v) is 8.74. The van der Waals surface area contributed by atoms with E-state index in [0.717, 1.165) is 42.7 Å². The monoisotopic (exact) mass is 466 g/mol. The first-order valence-corrected chi connectivity index (χ1v) is 11.6. The number of hydrogen-bond donors (Lipinski definition) is 5. The number of pyridine rings is 2. The molecular weight excluding hydrogens is 431 g/mol. The van der Waals surface area contributed by atoms with Gasteiger partial charge in [0.1, 0.15) is 17.8 Å². The first kappa shape index (κ1) is 25.2. The highest BCUT2D eigenvalue weighted by Crippen LogP contribution is 2.19. The molecule has 1 aliphatic rings. The van der Waals surface area contributed by atoms with Crippen LogP contribution in [0.15, 0.2) is 54.3 Å². The molecule has 0 aliphatic carbocycles. The highest BCUT2D eigenvalue weighted by molar-refractivity contribution is 6.08. The molecule has 0 bridgehead atoms. The Bertz CT molecular complexity index is 1080. The molecule has 0 aromatic carbocycles. The largest absolute Gasteiger partial charge is 0.404 e. The minimum absolute atomic E-state index is 0.254. The third kappa shape index (κ3) is 7.02. The van der Waals surface area contributed by atoms with Gasteiger partial charge >= 0.3 is 0 Å². The maximum Gasteiger partial charge on any atom is 0.132 e. The Hall–Kier alpha value is -3.46. The van der Waals surface area contributed by atoms with Crippen molar-refractivity contribution in [3.05, 3.63) is 59.8 Å². The number of nitrogens with one attached hydrogen (secondary N) is 3. The van der Waals surface area contributed by atoms with Gasteiger partial charge in [0.15, 0.2) is 0 Å². The third-order valence-electron chi connectivity index (χ3n) is 5.75. The lowest BCUT2D eigenvalue weighted by Crippen LogP contribution is -2.24. The van der Waals surface area contributed by atoms with Gasteiger partial charge in [-0.3, -0.25) is 4.98 Å². The van der Waals surface area contributed by atoms with Crippen molar-refractivity contribution in [3.63, 3.8) is 0 Å². The summed E-state index contributed by atoms with van der Waals surface area (Å²) in [4.78, 5) is 11.3. The third-order valence-corrected chi connectivity index (χ3v) is 5.75. The van der Waals surface area contributed by atoms with Gasteiger partial charge in [0.25, 0.3) is 0 Å². The zero-order valence-corrected chi connectivity index (χ0v) is 19.9. The first-order chi connectivity index (χ1) is 16.4. The van der Waals surface area contributed by atoms with Crippen molar-refractivity contribution in [1.82, 2.24) is 20.2 Å². The molecule has 2 aromatic rings. The number of alkyl halides is 1. The minimum Gasteiger partial charge on any atom is -0.404 e. The molecular formula is C25H35FN8. The second kappa shape index (κ2) is 12.1. The number of aromatic nitrogens is 2. The van der Waals surface area contributed by atoms with Crippen molar-refractivity contribution < 1.29 is 4.39 Å². The number of likely N-dealkylation sites (tertiary alicyclic amines) is 1. The second-order valence-electron chi connectivity index (χ2n) is 8.74. The van der Waals surface area contributed by atoms with Gasteiger partial charge in [0, 0.05) is 49.4 Å². The molecule has 3 rings (SSSR count). The number of rotatable bonds is 11. The van der Waals surface area contributed by atoms with Gasteiger partial charge in [-0.1, -0.05) is 13.8 Å². The van der Waals surface area contributed by atoms with Gasteiger partial charge in [-0.2, -0.15) is 0 Å². The van der Waals surface area contributed by atoms with Crippen molar-refractivity contribution in [3.8, 4) is 0 Å². The first-order valence-electron chi connectivity index (χ1n) is 11.6. The zero-order valence-electron chi connectivity index (χ0n) is 19.9. The highest BCUT2D eigenvalue weighted by Gasteiger charge is 2.20. The minimum atomic E-state index is -0.685. The maximum atomic E-state index is 13.3. The molecule has 0 saturated carbocycles. The van der Waals surface area contributed by atoms with Crippen LogP contribution in [0.25, 0.3) is 16.6 Å². The predicted octanol–water partition coefficient (Wildman–Crippen LogP) is 3.35. The van der Waals surface area contributed by atoms with Crippen molar-refractivity contribution in [1.29, 1.82) is 5.41 Å². The van der Waals surface area contributed by atoms with E-state index >= 15 is 0 Å². The number of nitrogens with zero attached hydrogens (tertiary/aromatic N) is 3. The van der Waals surface area contributed by atoms with Gasteiger partial charge < -0.3 is 32.4 Å². The summed E-state index contributed by atoms with van der Waals surface area (Å²) in [5, 5.41) is 14.2. The van der Waals surface area contributed by atoms with Crippen molar-refractivity contribution >= 4 is 28.6 Å². The Labute approximate surface area is 200 Å². The number of anilines is 1. The average Bonchev–Trinajstić information content (AvgIpc) is 3.24. The Morgan fingerprint density at radius 3 is 2.85 bits per heavy atom. The normalized spacial score (nSPS) is 18.0. The van der Waals surface area contributed by atoms with Gasteiger partial charge in [-0.25, -0.2) is 9.37 Å². The summed E-state index contributed by atoms with van der Waals surface area (Å²) in [6.07, 6.45) is 9.05. The summed E-state index contributed by atoms with van der Waals surface area (Å²) in [6, 6.07) is 5.59. The van der Waals surface area contributed by atoms with E-state index in [1.54, 1.807) is 18.5 Å². The molecule has 1 aliphatic heterocycles. The summed E-state index contributed by atoms with van der Waals surface area (Å²) < 4.78 is 13.3. The molecule has 34 heavy (non-hydrogen) atoms. The number of fused-ring (bicyclic) bond motifs is 1. The fraction of sp³-hybridized carbons (Fsp3) is 0.400. The lowest BCUT2D eigenvalue weighted by Gasteiger charge is -2.14. The number of nitrogens with two attached hydrogens (primary N) is 2. The van der Waals surface area contributed by atoms with Crippen LogP contribution in [0.4, 0.5) is 10.2 Å². The van der Waals surface area contributed by atoms with Crippen LogP contribution in [-0.2, 0) is 0 Å². The van der Waals surface area contributed by atoms with E-state index in [4.69, 9.17) is 16.9 Å². The molecule has 0 spiro atoms. The molecule has 9 heteroatoms. The van der Waals surface area contributed by atoms with E-state index in [1.165, 1.54) is 6.21 Å². The van der Waals surface area contributed by atoms with Crippen LogP contribution in [0.3, 0.4) is 0 Å². The van der Waals surface area contributed by atoms with E-state index in [-0.39, 0.29) is 5.92 Å². The van der Waals surface area contributed by atoms with Crippen molar-refractivity contribution in [2.24, 2.45) is 17.4 Å². The molecule has 1 fully saturated rings. The molecule has 8 nitrogen and oxygen atoms in total. The van der Waals surface area contributed by atoms with Crippen LogP contribution >= 0.6 is 0 Å². The fourth-order valence-electron chi connectivity index (χ4n) is 3.79. The molecule has 1 saturated heterocycles. The van der Waals surface area contributed by atoms with E-state index < -0.39 is 6.17 Å². The molecule has 0 radical (unpaired) electrons. The Balaban J connectivity index is 1.65. The maximum absolute atomic E-state index is 13.3. The summed E-state index contributed by atoms with van der Waals surface area (Å²) in [7, 11) is 0. The van der Waals surface area contributed by atoms with E-state index in [9.17, 15) is 4.39 Å². The number of hydrogen-bond acceptors (Lipinski definition) is 8. The smallest absolute Gasteiger partial charge is 0.132 e. The van der Waals surface area contributed by atoms with Gasteiger partial charge in [-0.15, -0.1) is 0 Å². The molecule has 1 atom stereocenters. The lowest BCUT2D eigenvalue weighted by atomic mass is 10.0. The van der Waals surface area contributed by atoms with Gasteiger partial charge in [-0.05, 0) is 61.4 Å². The van der Waals surface area contributed by atoms with Crippen LogP contribution in [-0.4, -0.2) is 53.4 Å². The number of allylic oxidation sites excluding steroid dienone is 3. The van der Waals surface area contributed by atoms with E-state index in [1.807, 2.05) is 38.2 Å². The van der Waals surface area contributed by atoms with Gasteiger partial charge in [0.2, 0.25) is 0 Å². The molecule has 7 N–H and O–H groups in total. The van der Waals surface area contributed by atoms with Crippen molar-refractivity contribution in [2.45, 2.75) is 32.9 Å². The van der Waals surface area contributed by atoms with Crippen LogP contribution in [0.2, 0.25) is 0 Å². The SMILES string of the molecule is CC(C)C(=C/N)/C=C(\N)Nc1ccc2ncc(/C(C=N)=C/NCCCN3CC[C@H](F)C3)cc2n1. The lowest BCUT2D eigenvalue weighted by molar-refractivity contribution is 0.285. The topological polar surface area (TPSA) is 129 Å². The van der Waals surface area contributed by atoms with Crippen LogP contribution < -0.4 is 22.1 Å². The summed E-state index contributed by atoms with van der Waals surface area (Å²) in [5.41, 5.74) is 15.6. The summed E-state index contributed by atoms with van der Waals surface area (Å²) in [6.45, 7) is 7.08. The summed E-state index contributed by atoms with van der Waals surface area (Å²) >= 11 is 0. The zero-order chi connectivity index (χ0) is 24.5.